The molecule has 0 heterocycles. The Bertz CT molecular complexity index is 251. The van der Waals surface area contributed by atoms with Crippen LogP contribution in [0.2, 0.25) is 0 Å². The molecule has 0 spiro atoms. The number of nitrogens with one attached hydrogen (secondary N) is 1. The van der Waals surface area contributed by atoms with Crippen LogP contribution in [0.5, 0.6) is 0 Å². The van der Waals surface area contributed by atoms with Crippen LogP contribution in [0, 0.1) is 5.92 Å². The summed E-state index contributed by atoms with van der Waals surface area (Å²) in [5.74, 6) is -2.32. The van der Waals surface area contributed by atoms with Crippen molar-refractivity contribution in [1.29, 1.82) is 0 Å². The van der Waals surface area contributed by atoms with Gasteiger partial charge >= 0.3 is 0 Å². The van der Waals surface area contributed by atoms with Crippen LogP contribution in [0.25, 0.3) is 0 Å². The normalized spacial score (nSPS) is 17.7. The number of hydrogen-bond acceptors (Lipinski definition) is 4. The lowest BCUT2D eigenvalue weighted by molar-refractivity contribution is -0.129. The number of oxime groups is 1. The molecule has 4 nitrogen and oxygen atoms in total. The van der Waals surface area contributed by atoms with Crippen LogP contribution >= 0.6 is 11.8 Å². The van der Waals surface area contributed by atoms with Crippen molar-refractivity contribution >= 4 is 23.9 Å². The maximum atomic E-state index is 12.7. The minimum absolute atomic E-state index is 0.776. The fourth-order valence-electron chi connectivity index (χ4n) is 1.16. The first kappa shape index (κ1) is 14.2. The zero-order chi connectivity index (χ0) is 12.1. The minimum atomic E-state index is -2.82. The Balaban J connectivity index is 5.10. The van der Waals surface area contributed by atoms with Gasteiger partial charge in [0.2, 0.25) is 5.91 Å². The minimum Gasteiger partial charge on any atom is -0.411 e. The van der Waals surface area contributed by atoms with Crippen molar-refractivity contribution < 1.29 is 18.8 Å². The van der Waals surface area contributed by atoms with Crippen molar-refractivity contribution in [3.63, 3.8) is 0 Å². The molecule has 15 heavy (non-hydrogen) atoms. The molecule has 0 saturated heterocycles. The van der Waals surface area contributed by atoms with Gasteiger partial charge in [0.1, 0.15) is 5.92 Å². The Morgan fingerprint density at radius 1 is 1.67 bits per heavy atom. The van der Waals surface area contributed by atoms with E-state index in [9.17, 15) is 13.6 Å². The average Bonchev–Trinajstić information content (AvgIpc) is 2.17. The zero-order valence-corrected chi connectivity index (χ0v) is 9.52. The summed E-state index contributed by atoms with van der Waals surface area (Å²) in [5, 5.41) is 13.3. The maximum Gasteiger partial charge on any atom is 0.251 e. The number of amides is 1. The largest absolute Gasteiger partial charge is 0.411 e. The molecule has 0 rings (SSSR count). The monoisotopic (exact) mass is 240 g/mol. The van der Waals surface area contributed by atoms with E-state index in [0.29, 0.717) is 0 Å². The predicted molar refractivity (Wildman–Crippen MR) is 55.8 cm³/mol. The molecule has 2 atom stereocenters. The van der Waals surface area contributed by atoms with Gasteiger partial charge in [-0.15, -0.1) is 5.16 Å². The highest BCUT2D eigenvalue weighted by molar-refractivity contribution is 8.00. The van der Waals surface area contributed by atoms with E-state index in [2.05, 4.69) is 10.5 Å². The number of hydrogen-bond donors (Lipinski definition) is 2. The molecule has 0 aliphatic carbocycles. The first-order chi connectivity index (χ1) is 6.92. The molecule has 0 aromatic rings. The Hall–Kier alpha value is -0.850. The SMILES string of the molecule is CNC(=O)C(C(F)F)C(C)(C=NO)SC. The van der Waals surface area contributed by atoms with Gasteiger partial charge in [-0.1, -0.05) is 0 Å². The van der Waals surface area contributed by atoms with Crippen molar-refractivity contribution in [2.24, 2.45) is 11.1 Å². The van der Waals surface area contributed by atoms with E-state index < -0.39 is 23.0 Å². The molecule has 7 heteroatoms. The number of carbonyl (C=O) groups excluding carboxylic acids is 1. The van der Waals surface area contributed by atoms with Gasteiger partial charge in [0.15, 0.2) is 0 Å². The molecule has 2 unspecified atom stereocenters. The van der Waals surface area contributed by atoms with E-state index in [1.807, 2.05) is 0 Å². The molecule has 0 aliphatic heterocycles. The average molecular weight is 240 g/mol. The second-order valence-electron chi connectivity index (χ2n) is 3.06. The number of rotatable bonds is 5. The summed E-state index contributed by atoms with van der Waals surface area (Å²) in [5.41, 5.74) is 0. The third-order valence-electron chi connectivity index (χ3n) is 2.15. The van der Waals surface area contributed by atoms with Crippen LogP contribution in [-0.2, 0) is 4.79 Å². The first-order valence-corrected chi connectivity index (χ1v) is 5.39. The van der Waals surface area contributed by atoms with Crippen LogP contribution in [0.4, 0.5) is 8.78 Å². The fourth-order valence-corrected chi connectivity index (χ4v) is 1.77. The highest BCUT2D eigenvalue weighted by Gasteiger charge is 2.43. The van der Waals surface area contributed by atoms with E-state index in [0.717, 1.165) is 18.0 Å². The van der Waals surface area contributed by atoms with E-state index in [1.54, 1.807) is 6.26 Å². The molecular weight excluding hydrogens is 226 g/mol. The molecule has 0 fully saturated rings. The highest BCUT2D eigenvalue weighted by Crippen LogP contribution is 2.33. The summed E-state index contributed by atoms with van der Waals surface area (Å²) < 4.78 is 24.2. The number of carbonyl (C=O) groups is 1. The van der Waals surface area contributed by atoms with Crippen LogP contribution in [0.1, 0.15) is 6.92 Å². The molecule has 1 amide bonds. The van der Waals surface area contributed by atoms with Gasteiger partial charge in [0, 0.05) is 7.05 Å². The molecule has 0 aliphatic rings. The second-order valence-corrected chi connectivity index (χ2v) is 4.35. The zero-order valence-electron chi connectivity index (χ0n) is 8.70. The molecule has 0 radical (unpaired) electrons. The van der Waals surface area contributed by atoms with Crippen LogP contribution in [0.15, 0.2) is 5.16 Å². The van der Waals surface area contributed by atoms with Gasteiger partial charge in [0.25, 0.3) is 6.43 Å². The smallest absolute Gasteiger partial charge is 0.251 e. The number of halogens is 2. The maximum absolute atomic E-state index is 12.7. The van der Waals surface area contributed by atoms with Crippen molar-refractivity contribution in [2.75, 3.05) is 13.3 Å². The molecule has 0 bridgehead atoms. The topological polar surface area (TPSA) is 61.7 Å². The predicted octanol–water partition coefficient (Wildman–Crippen LogP) is 1.20. The van der Waals surface area contributed by atoms with Gasteiger partial charge in [-0.25, -0.2) is 8.78 Å². The quantitative estimate of drug-likeness (QED) is 0.431. The number of nitrogens with zero attached hydrogens (tertiary/aromatic N) is 1. The third kappa shape index (κ3) is 3.33. The van der Waals surface area contributed by atoms with Crippen LogP contribution < -0.4 is 5.32 Å². The van der Waals surface area contributed by atoms with Gasteiger partial charge < -0.3 is 10.5 Å². The number of alkyl halides is 2. The molecule has 0 aromatic heterocycles. The van der Waals surface area contributed by atoms with Gasteiger partial charge in [-0.2, -0.15) is 11.8 Å². The molecule has 2 N–H and O–H groups in total. The summed E-state index contributed by atoms with van der Waals surface area (Å²) in [4.78, 5) is 11.3. The fraction of sp³-hybridized carbons (Fsp3) is 0.750. The van der Waals surface area contributed by atoms with Gasteiger partial charge in [0.05, 0.1) is 11.0 Å². The van der Waals surface area contributed by atoms with Crippen LogP contribution in [0.3, 0.4) is 0 Å². The molecule has 0 saturated carbocycles. The summed E-state index contributed by atoms with van der Waals surface area (Å²) in [6, 6.07) is 0. The molecular formula is C8H14F2N2O2S. The van der Waals surface area contributed by atoms with E-state index >= 15 is 0 Å². The standard InChI is InChI=1S/C8H14F2N2O2S/c1-8(15-3,4-12-14)5(6(9)10)7(13)11-2/h4-6,14H,1-3H3,(H,11,13). The second kappa shape index (κ2) is 5.89. The molecule has 0 aromatic carbocycles. The van der Waals surface area contributed by atoms with Crippen molar-refractivity contribution in [2.45, 2.75) is 18.1 Å². The van der Waals surface area contributed by atoms with E-state index in [1.165, 1.54) is 14.0 Å². The lowest BCUT2D eigenvalue weighted by Crippen LogP contribution is -2.47. The van der Waals surface area contributed by atoms with Crippen LogP contribution in [-0.4, -0.2) is 41.8 Å². The summed E-state index contributed by atoms with van der Waals surface area (Å²) in [6.07, 6.45) is -0.301. The Kier molecular flexibility index (Phi) is 5.56. The van der Waals surface area contributed by atoms with Gasteiger partial charge in [-0.05, 0) is 13.2 Å². The lowest BCUT2D eigenvalue weighted by Gasteiger charge is -2.30. The molecule has 88 valence electrons. The summed E-state index contributed by atoms with van der Waals surface area (Å²) in [7, 11) is 1.29. The van der Waals surface area contributed by atoms with E-state index in [4.69, 9.17) is 5.21 Å². The van der Waals surface area contributed by atoms with Crippen molar-refractivity contribution in [3.8, 4) is 0 Å². The van der Waals surface area contributed by atoms with E-state index in [-0.39, 0.29) is 0 Å². The Labute approximate surface area is 91.1 Å². The Morgan fingerprint density at radius 3 is 2.47 bits per heavy atom. The Morgan fingerprint density at radius 2 is 2.20 bits per heavy atom. The van der Waals surface area contributed by atoms with Crippen molar-refractivity contribution in [1.82, 2.24) is 5.32 Å². The summed E-state index contributed by atoms with van der Waals surface area (Å²) in [6.45, 7) is 1.42. The van der Waals surface area contributed by atoms with Gasteiger partial charge in [-0.3, -0.25) is 4.79 Å². The lowest BCUT2D eigenvalue weighted by atomic mass is 9.93. The highest BCUT2D eigenvalue weighted by atomic mass is 32.2. The first-order valence-electron chi connectivity index (χ1n) is 4.16. The van der Waals surface area contributed by atoms with Crippen molar-refractivity contribution in [3.05, 3.63) is 0 Å². The number of thioether (sulfide) groups is 1. The third-order valence-corrected chi connectivity index (χ3v) is 3.39. The summed E-state index contributed by atoms with van der Waals surface area (Å²) >= 11 is 1.03.